The largest absolute Gasteiger partial charge is 0.481 e. The maximum absolute atomic E-state index is 12.1. The Bertz CT molecular complexity index is 612. The summed E-state index contributed by atoms with van der Waals surface area (Å²) in [7, 11) is 0. The second kappa shape index (κ2) is 6.91. The summed E-state index contributed by atoms with van der Waals surface area (Å²) in [4.78, 5) is 35.8. The Morgan fingerprint density at radius 2 is 1.95 bits per heavy atom. The van der Waals surface area contributed by atoms with Gasteiger partial charge in [0.25, 0.3) is 11.1 Å². The number of imide groups is 1. The third kappa shape index (κ3) is 4.18. The van der Waals surface area contributed by atoms with Crippen LogP contribution in [0.4, 0.5) is 4.79 Å². The van der Waals surface area contributed by atoms with Crippen LogP contribution in [0.3, 0.4) is 0 Å². The van der Waals surface area contributed by atoms with Gasteiger partial charge in [-0.25, -0.2) is 0 Å². The Morgan fingerprint density at radius 3 is 2.57 bits per heavy atom. The van der Waals surface area contributed by atoms with E-state index < -0.39 is 5.97 Å². The monoisotopic (exact) mass is 369 g/mol. The second-order valence-corrected chi connectivity index (χ2v) is 6.29. The van der Waals surface area contributed by atoms with Crippen LogP contribution in [0.1, 0.15) is 18.4 Å². The van der Waals surface area contributed by atoms with Crippen molar-refractivity contribution in [1.29, 1.82) is 0 Å². The zero-order valence-electron chi connectivity index (χ0n) is 10.9. The molecule has 7 heteroatoms. The van der Waals surface area contributed by atoms with Crippen molar-refractivity contribution in [3.63, 3.8) is 0 Å². The molecule has 0 aliphatic carbocycles. The van der Waals surface area contributed by atoms with Gasteiger partial charge in [-0.3, -0.25) is 19.3 Å². The first kappa shape index (κ1) is 15.8. The van der Waals surface area contributed by atoms with E-state index in [1.807, 2.05) is 24.3 Å². The van der Waals surface area contributed by atoms with Crippen molar-refractivity contribution < 1.29 is 19.5 Å². The Morgan fingerprint density at radius 1 is 1.29 bits per heavy atom. The van der Waals surface area contributed by atoms with E-state index in [0.717, 1.165) is 26.7 Å². The molecule has 1 N–H and O–H groups in total. The summed E-state index contributed by atoms with van der Waals surface area (Å²) in [6, 6.07) is 7.37. The zero-order chi connectivity index (χ0) is 15.4. The molecule has 2 rings (SSSR count). The summed E-state index contributed by atoms with van der Waals surface area (Å²) in [6.07, 6.45) is 1.86. The van der Waals surface area contributed by atoms with Crippen molar-refractivity contribution in [3.05, 3.63) is 39.2 Å². The summed E-state index contributed by atoms with van der Waals surface area (Å²) in [6.45, 7) is 0.134. The fourth-order valence-electron chi connectivity index (χ4n) is 1.79. The van der Waals surface area contributed by atoms with Crippen LogP contribution in [0, 0.1) is 0 Å². The summed E-state index contributed by atoms with van der Waals surface area (Å²) in [5.74, 6) is -1.30. The maximum Gasteiger partial charge on any atom is 0.303 e. The van der Waals surface area contributed by atoms with Gasteiger partial charge in [-0.2, -0.15) is 0 Å². The number of benzene rings is 1. The molecule has 2 amide bonds. The van der Waals surface area contributed by atoms with Crippen LogP contribution in [0.5, 0.6) is 0 Å². The average Bonchev–Trinajstić information content (AvgIpc) is 2.68. The van der Waals surface area contributed by atoms with Crippen molar-refractivity contribution in [2.45, 2.75) is 12.8 Å². The predicted molar refractivity (Wildman–Crippen MR) is 83.7 cm³/mol. The van der Waals surface area contributed by atoms with Gasteiger partial charge in [0, 0.05) is 17.4 Å². The highest BCUT2D eigenvalue weighted by atomic mass is 79.9. The topological polar surface area (TPSA) is 74.7 Å². The first-order valence-corrected chi connectivity index (χ1v) is 7.81. The van der Waals surface area contributed by atoms with E-state index in [1.54, 1.807) is 6.08 Å². The molecule has 1 aliphatic heterocycles. The Labute approximate surface area is 134 Å². The van der Waals surface area contributed by atoms with Gasteiger partial charge in [0.1, 0.15) is 0 Å². The van der Waals surface area contributed by atoms with Crippen LogP contribution in [0.25, 0.3) is 6.08 Å². The van der Waals surface area contributed by atoms with Crippen molar-refractivity contribution in [3.8, 4) is 0 Å². The Hall–Kier alpha value is -1.60. The smallest absolute Gasteiger partial charge is 0.303 e. The number of carbonyl (C=O) groups is 3. The van der Waals surface area contributed by atoms with Crippen molar-refractivity contribution in [2.24, 2.45) is 0 Å². The number of carboxylic acids is 1. The molecule has 5 nitrogen and oxygen atoms in total. The van der Waals surface area contributed by atoms with Crippen LogP contribution in [-0.2, 0) is 9.59 Å². The molecule has 1 saturated heterocycles. The fraction of sp³-hybridized carbons (Fsp3) is 0.214. The molecule has 1 aliphatic rings. The number of aliphatic carboxylic acids is 1. The van der Waals surface area contributed by atoms with E-state index in [1.165, 1.54) is 0 Å². The van der Waals surface area contributed by atoms with Crippen molar-refractivity contribution >= 4 is 50.9 Å². The molecule has 0 bridgehead atoms. The van der Waals surface area contributed by atoms with Gasteiger partial charge >= 0.3 is 5.97 Å². The Balaban J connectivity index is 2.06. The molecule has 1 aromatic carbocycles. The number of thioether (sulfide) groups is 1. The van der Waals surface area contributed by atoms with E-state index in [0.29, 0.717) is 4.91 Å². The molecule has 1 aromatic rings. The van der Waals surface area contributed by atoms with Gasteiger partial charge in [-0.15, -0.1) is 0 Å². The van der Waals surface area contributed by atoms with E-state index in [-0.39, 0.29) is 30.5 Å². The minimum atomic E-state index is -0.938. The highest BCUT2D eigenvalue weighted by Gasteiger charge is 2.34. The molecular formula is C14H12BrNO4S. The summed E-state index contributed by atoms with van der Waals surface area (Å²) in [5, 5.41) is 8.23. The van der Waals surface area contributed by atoms with Gasteiger partial charge in [-0.05, 0) is 42.0 Å². The maximum atomic E-state index is 12.1. The number of halogens is 1. The fourth-order valence-corrected chi connectivity index (χ4v) is 2.92. The van der Waals surface area contributed by atoms with E-state index in [9.17, 15) is 14.4 Å². The van der Waals surface area contributed by atoms with Crippen molar-refractivity contribution in [1.82, 2.24) is 4.90 Å². The Kier molecular flexibility index (Phi) is 5.19. The molecule has 21 heavy (non-hydrogen) atoms. The van der Waals surface area contributed by atoms with Gasteiger partial charge < -0.3 is 5.11 Å². The SMILES string of the molecule is O=C(O)CCCN1C(=O)S/C(=C/c2ccc(Br)cc2)C1=O. The zero-order valence-corrected chi connectivity index (χ0v) is 13.3. The molecule has 0 spiro atoms. The van der Waals surface area contributed by atoms with Crippen molar-refractivity contribution in [2.75, 3.05) is 6.54 Å². The quantitative estimate of drug-likeness (QED) is 0.805. The number of amides is 2. The minimum absolute atomic E-state index is 0.0620. The molecule has 0 atom stereocenters. The van der Waals surface area contributed by atoms with E-state index >= 15 is 0 Å². The third-order valence-electron chi connectivity index (χ3n) is 2.81. The molecule has 0 aromatic heterocycles. The molecule has 0 saturated carbocycles. The normalized spacial score (nSPS) is 16.8. The van der Waals surface area contributed by atoms with Crippen LogP contribution in [0.15, 0.2) is 33.6 Å². The average molecular weight is 370 g/mol. The van der Waals surface area contributed by atoms with Crippen LogP contribution < -0.4 is 0 Å². The van der Waals surface area contributed by atoms with Crippen LogP contribution in [-0.4, -0.2) is 33.7 Å². The highest BCUT2D eigenvalue weighted by molar-refractivity contribution is 9.10. The minimum Gasteiger partial charge on any atom is -0.481 e. The second-order valence-electron chi connectivity index (χ2n) is 4.38. The molecule has 0 unspecified atom stereocenters. The summed E-state index contributed by atoms with van der Waals surface area (Å²) < 4.78 is 0.932. The number of hydrogen-bond donors (Lipinski definition) is 1. The number of rotatable bonds is 5. The highest BCUT2D eigenvalue weighted by Crippen LogP contribution is 2.32. The summed E-state index contributed by atoms with van der Waals surface area (Å²) >= 11 is 4.21. The van der Waals surface area contributed by atoms with Gasteiger partial charge in [0.2, 0.25) is 0 Å². The standard InChI is InChI=1S/C14H12BrNO4S/c15-10-5-3-9(4-6-10)8-11-13(19)16(14(20)21-11)7-1-2-12(17)18/h3-6,8H,1-2,7H2,(H,17,18)/b11-8+. The molecule has 0 radical (unpaired) electrons. The molecule has 1 heterocycles. The lowest BCUT2D eigenvalue weighted by Gasteiger charge is -2.10. The van der Waals surface area contributed by atoms with Crippen LogP contribution in [0.2, 0.25) is 0 Å². The number of nitrogens with zero attached hydrogens (tertiary/aromatic N) is 1. The third-order valence-corrected chi connectivity index (χ3v) is 4.25. The number of hydrogen-bond acceptors (Lipinski definition) is 4. The number of carbonyl (C=O) groups excluding carboxylic acids is 2. The van der Waals surface area contributed by atoms with Gasteiger partial charge in [-0.1, -0.05) is 28.1 Å². The molecule has 110 valence electrons. The molecular weight excluding hydrogens is 358 g/mol. The van der Waals surface area contributed by atoms with E-state index in [2.05, 4.69) is 15.9 Å². The predicted octanol–water partition coefficient (Wildman–Crippen LogP) is 3.35. The lowest BCUT2D eigenvalue weighted by atomic mass is 10.2. The van der Waals surface area contributed by atoms with Gasteiger partial charge in [0.15, 0.2) is 0 Å². The lowest BCUT2D eigenvalue weighted by molar-refractivity contribution is -0.137. The lowest BCUT2D eigenvalue weighted by Crippen LogP contribution is -2.29. The molecule has 1 fully saturated rings. The van der Waals surface area contributed by atoms with Crippen LogP contribution >= 0.6 is 27.7 Å². The van der Waals surface area contributed by atoms with Gasteiger partial charge in [0.05, 0.1) is 4.91 Å². The first-order valence-electron chi connectivity index (χ1n) is 6.20. The van der Waals surface area contributed by atoms with E-state index in [4.69, 9.17) is 5.11 Å². The first-order chi connectivity index (χ1) is 9.97. The summed E-state index contributed by atoms with van der Waals surface area (Å²) in [5.41, 5.74) is 0.828. The number of carboxylic acid groups (broad SMARTS) is 1.